The first-order valence-electron chi connectivity index (χ1n) is 10.2. The van der Waals surface area contributed by atoms with Crippen LogP contribution in [0.15, 0.2) is 60.8 Å². The van der Waals surface area contributed by atoms with Gasteiger partial charge in [-0.15, -0.1) is 0 Å². The van der Waals surface area contributed by atoms with Gasteiger partial charge in [0.15, 0.2) is 0 Å². The molecule has 0 radical (unpaired) electrons. The van der Waals surface area contributed by atoms with Gasteiger partial charge in [0.2, 0.25) is 0 Å². The van der Waals surface area contributed by atoms with E-state index in [2.05, 4.69) is 16.0 Å². The number of benzene rings is 2. The average Bonchev–Trinajstić information content (AvgIpc) is 3.18. The standard InChI is InChI=1S/C24H26FN3O/c25-18-10-8-17(9-11-18)15-20-7-4-14-28(20)21-12-13-22(24(26)29)23(16-21)27-19-5-2-1-3-6-19/h4,7-14,16,19,27H,1-3,5-6,15H2,(H2,26,29). The van der Waals surface area contributed by atoms with Crippen LogP contribution in [0.3, 0.4) is 0 Å². The van der Waals surface area contributed by atoms with Crippen molar-refractivity contribution in [2.45, 2.75) is 44.6 Å². The van der Waals surface area contributed by atoms with E-state index in [1.54, 1.807) is 18.2 Å². The highest BCUT2D eigenvalue weighted by molar-refractivity contribution is 5.99. The molecular formula is C24H26FN3O. The number of hydrogen-bond acceptors (Lipinski definition) is 2. The molecule has 4 rings (SSSR count). The van der Waals surface area contributed by atoms with Crippen molar-refractivity contribution in [2.75, 3.05) is 5.32 Å². The number of nitrogens with two attached hydrogens (primary N) is 1. The van der Waals surface area contributed by atoms with Gasteiger partial charge in [0, 0.05) is 35.7 Å². The molecule has 4 nitrogen and oxygen atoms in total. The van der Waals surface area contributed by atoms with Gasteiger partial charge in [-0.25, -0.2) is 4.39 Å². The summed E-state index contributed by atoms with van der Waals surface area (Å²) in [5.41, 5.74) is 10.0. The number of anilines is 1. The predicted octanol–water partition coefficient (Wildman–Crippen LogP) is 5.05. The SMILES string of the molecule is NC(=O)c1ccc(-n2cccc2Cc2ccc(F)cc2)cc1NC1CCCCC1. The molecule has 1 aliphatic rings. The Balaban J connectivity index is 1.63. The van der Waals surface area contributed by atoms with E-state index >= 15 is 0 Å². The average molecular weight is 391 g/mol. The van der Waals surface area contributed by atoms with E-state index in [9.17, 15) is 9.18 Å². The molecule has 1 aliphatic carbocycles. The lowest BCUT2D eigenvalue weighted by atomic mass is 9.95. The van der Waals surface area contributed by atoms with Gasteiger partial charge in [-0.05, 0) is 60.9 Å². The topological polar surface area (TPSA) is 60.1 Å². The minimum Gasteiger partial charge on any atom is -0.382 e. The Morgan fingerprint density at radius 2 is 1.83 bits per heavy atom. The van der Waals surface area contributed by atoms with Gasteiger partial charge >= 0.3 is 0 Å². The van der Waals surface area contributed by atoms with E-state index in [1.807, 2.05) is 24.4 Å². The van der Waals surface area contributed by atoms with Gasteiger partial charge in [-0.2, -0.15) is 0 Å². The quantitative estimate of drug-likeness (QED) is 0.618. The summed E-state index contributed by atoms with van der Waals surface area (Å²) in [6, 6.07) is 16.7. The third-order valence-electron chi connectivity index (χ3n) is 5.64. The molecule has 1 saturated carbocycles. The maximum atomic E-state index is 13.2. The Bertz CT molecular complexity index is 988. The van der Waals surface area contributed by atoms with E-state index in [-0.39, 0.29) is 5.82 Å². The van der Waals surface area contributed by atoms with E-state index in [0.29, 0.717) is 18.0 Å². The molecule has 0 unspecified atom stereocenters. The Morgan fingerprint density at radius 1 is 1.07 bits per heavy atom. The van der Waals surface area contributed by atoms with Crippen molar-refractivity contribution >= 4 is 11.6 Å². The zero-order valence-corrected chi connectivity index (χ0v) is 16.4. The Labute approximate surface area is 170 Å². The number of carbonyl (C=O) groups excluding carboxylic acids is 1. The molecule has 1 amide bonds. The maximum Gasteiger partial charge on any atom is 0.250 e. The van der Waals surface area contributed by atoms with Crippen LogP contribution < -0.4 is 11.1 Å². The third-order valence-corrected chi connectivity index (χ3v) is 5.64. The van der Waals surface area contributed by atoms with Crippen molar-refractivity contribution in [3.63, 3.8) is 0 Å². The van der Waals surface area contributed by atoms with Crippen LogP contribution in [0.4, 0.5) is 10.1 Å². The van der Waals surface area contributed by atoms with Gasteiger partial charge in [0.05, 0.1) is 5.56 Å². The molecule has 0 aliphatic heterocycles. The highest BCUT2D eigenvalue weighted by Crippen LogP contribution is 2.27. The zero-order chi connectivity index (χ0) is 20.2. The second kappa shape index (κ2) is 8.52. The Hall–Kier alpha value is -3.08. The number of aromatic nitrogens is 1. The highest BCUT2D eigenvalue weighted by atomic mass is 19.1. The first kappa shape index (κ1) is 19.2. The number of amides is 1. The molecule has 150 valence electrons. The second-order valence-corrected chi connectivity index (χ2v) is 7.75. The minimum absolute atomic E-state index is 0.232. The molecule has 3 aromatic rings. The highest BCUT2D eigenvalue weighted by Gasteiger charge is 2.17. The number of primary amides is 1. The second-order valence-electron chi connectivity index (χ2n) is 7.75. The predicted molar refractivity (Wildman–Crippen MR) is 114 cm³/mol. The van der Waals surface area contributed by atoms with Crippen molar-refractivity contribution in [3.8, 4) is 5.69 Å². The fourth-order valence-electron chi connectivity index (χ4n) is 4.11. The zero-order valence-electron chi connectivity index (χ0n) is 16.4. The van der Waals surface area contributed by atoms with Crippen LogP contribution in [0.5, 0.6) is 0 Å². The third kappa shape index (κ3) is 4.50. The van der Waals surface area contributed by atoms with Crippen LogP contribution in [0.1, 0.15) is 53.7 Å². The first-order chi connectivity index (χ1) is 14.1. The fourth-order valence-corrected chi connectivity index (χ4v) is 4.11. The van der Waals surface area contributed by atoms with Crippen molar-refractivity contribution < 1.29 is 9.18 Å². The molecular weight excluding hydrogens is 365 g/mol. The van der Waals surface area contributed by atoms with E-state index in [1.165, 1.54) is 31.4 Å². The number of carbonyl (C=O) groups is 1. The van der Waals surface area contributed by atoms with Gasteiger partial charge in [0.1, 0.15) is 5.82 Å². The molecule has 2 aromatic carbocycles. The van der Waals surface area contributed by atoms with Crippen LogP contribution in [0.2, 0.25) is 0 Å². The summed E-state index contributed by atoms with van der Waals surface area (Å²) in [6.07, 6.45) is 8.62. The van der Waals surface area contributed by atoms with Crippen molar-refractivity contribution in [3.05, 3.63) is 83.4 Å². The van der Waals surface area contributed by atoms with Gasteiger partial charge in [-0.1, -0.05) is 31.4 Å². The minimum atomic E-state index is -0.422. The summed E-state index contributed by atoms with van der Waals surface area (Å²) in [5.74, 6) is -0.654. The lowest BCUT2D eigenvalue weighted by Crippen LogP contribution is -2.24. The molecule has 1 aromatic heterocycles. The van der Waals surface area contributed by atoms with Crippen LogP contribution in [0, 0.1) is 5.82 Å². The Kier molecular flexibility index (Phi) is 5.65. The molecule has 0 bridgehead atoms. The molecule has 3 N–H and O–H groups in total. The molecule has 0 atom stereocenters. The Morgan fingerprint density at radius 3 is 2.55 bits per heavy atom. The van der Waals surface area contributed by atoms with Crippen LogP contribution in [0.25, 0.3) is 5.69 Å². The smallest absolute Gasteiger partial charge is 0.250 e. The number of hydrogen-bond donors (Lipinski definition) is 2. The normalized spacial score (nSPS) is 14.7. The lowest BCUT2D eigenvalue weighted by Gasteiger charge is -2.25. The summed E-state index contributed by atoms with van der Waals surface area (Å²) in [4.78, 5) is 11.9. The van der Waals surface area contributed by atoms with E-state index < -0.39 is 5.91 Å². The fraction of sp³-hybridized carbons (Fsp3) is 0.292. The largest absolute Gasteiger partial charge is 0.382 e. The van der Waals surface area contributed by atoms with Crippen molar-refractivity contribution in [1.29, 1.82) is 0 Å². The van der Waals surface area contributed by atoms with Gasteiger partial charge < -0.3 is 15.6 Å². The van der Waals surface area contributed by atoms with Gasteiger partial charge in [-0.3, -0.25) is 4.79 Å². The monoisotopic (exact) mass is 391 g/mol. The molecule has 1 fully saturated rings. The van der Waals surface area contributed by atoms with Crippen LogP contribution in [-0.2, 0) is 6.42 Å². The molecule has 29 heavy (non-hydrogen) atoms. The summed E-state index contributed by atoms with van der Waals surface area (Å²) < 4.78 is 15.3. The van der Waals surface area contributed by atoms with E-state index in [0.717, 1.165) is 35.5 Å². The summed E-state index contributed by atoms with van der Waals surface area (Å²) >= 11 is 0. The lowest BCUT2D eigenvalue weighted by molar-refractivity contribution is 0.100. The number of nitrogens with zero attached hydrogens (tertiary/aromatic N) is 1. The molecule has 1 heterocycles. The summed E-state index contributed by atoms with van der Waals surface area (Å²) in [5, 5.41) is 3.55. The summed E-state index contributed by atoms with van der Waals surface area (Å²) in [6.45, 7) is 0. The summed E-state index contributed by atoms with van der Waals surface area (Å²) in [7, 11) is 0. The maximum absolute atomic E-state index is 13.2. The van der Waals surface area contributed by atoms with E-state index in [4.69, 9.17) is 5.73 Å². The number of nitrogens with one attached hydrogen (secondary N) is 1. The first-order valence-corrected chi connectivity index (χ1v) is 10.2. The molecule has 0 spiro atoms. The molecule has 0 saturated heterocycles. The van der Waals surface area contributed by atoms with Gasteiger partial charge in [0.25, 0.3) is 5.91 Å². The number of halogens is 1. The molecule has 5 heteroatoms. The number of rotatable bonds is 6. The van der Waals surface area contributed by atoms with Crippen molar-refractivity contribution in [2.24, 2.45) is 5.73 Å². The van der Waals surface area contributed by atoms with Crippen LogP contribution in [-0.4, -0.2) is 16.5 Å². The van der Waals surface area contributed by atoms with Crippen LogP contribution >= 0.6 is 0 Å². The van der Waals surface area contributed by atoms with Crippen molar-refractivity contribution in [1.82, 2.24) is 4.57 Å².